The van der Waals surface area contributed by atoms with Gasteiger partial charge in [-0.25, -0.2) is 9.18 Å². The number of alkyl halides is 1. The predicted molar refractivity (Wildman–Crippen MR) is 140 cm³/mol. The van der Waals surface area contributed by atoms with Gasteiger partial charge in [-0.15, -0.1) is 0 Å². The molecule has 192 valence electrons. The highest BCUT2D eigenvalue weighted by Crippen LogP contribution is 2.42. The number of nitrogens with one attached hydrogen (secondary N) is 1. The smallest absolute Gasteiger partial charge is 0.434 e. The molecule has 2 atom stereocenters. The van der Waals surface area contributed by atoms with Crippen LogP contribution in [-0.4, -0.2) is 31.5 Å². The second-order valence-corrected chi connectivity index (χ2v) is 12.3. The Hall–Kier alpha value is -2.40. The molecule has 1 aliphatic rings. The molecular formula is C30H42FNO3. The summed E-state index contributed by atoms with van der Waals surface area (Å²) in [5, 5.41) is 3.30. The van der Waals surface area contributed by atoms with Gasteiger partial charge >= 0.3 is 6.16 Å². The number of halogens is 1. The number of benzene rings is 2. The highest BCUT2D eigenvalue weighted by molar-refractivity contribution is 5.60. The summed E-state index contributed by atoms with van der Waals surface area (Å²) in [6.45, 7) is 17.5. The van der Waals surface area contributed by atoms with Gasteiger partial charge in [0.2, 0.25) is 0 Å². The maximum atomic E-state index is 17.3. The number of carbonyl (C=O) groups is 1. The molecule has 5 heteroatoms. The molecule has 4 nitrogen and oxygen atoms in total. The number of hydrogen-bond acceptors (Lipinski definition) is 4. The van der Waals surface area contributed by atoms with E-state index in [9.17, 15) is 4.79 Å². The van der Waals surface area contributed by atoms with Crippen molar-refractivity contribution in [2.75, 3.05) is 13.2 Å². The maximum absolute atomic E-state index is 17.3. The van der Waals surface area contributed by atoms with Crippen molar-refractivity contribution < 1.29 is 18.7 Å². The van der Waals surface area contributed by atoms with E-state index in [2.05, 4.69) is 46.9 Å². The molecule has 1 aliphatic heterocycles. The lowest BCUT2D eigenvalue weighted by Gasteiger charge is -2.34. The number of ether oxygens (including phenoxy) is 2. The van der Waals surface area contributed by atoms with Crippen LogP contribution in [0.5, 0.6) is 0 Å². The first-order chi connectivity index (χ1) is 16.2. The summed E-state index contributed by atoms with van der Waals surface area (Å²) in [5.41, 5.74) is 1.66. The number of hydrogen-bond donors (Lipinski definition) is 1. The van der Waals surface area contributed by atoms with E-state index in [-0.39, 0.29) is 16.7 Å². The van der Waals surface area contributed by atoms with Gasteiger partial charge in [-0.3, -0.25) is 0 Å². The van der Waals surface area contributed by atoms with E-state index in [1.54, 1.807) is 0 Å². The average Bonchev–Trinajstić information content (AvgIpc) is 3.25. The van der Waals surface area contributed by atoms with E-state index in [0.717, 1.165) is 11.1 Å². The minimum absolute atomic E-state index is 0.0211. The quantitative estimate of drug-likeness (QED) is 0.448. The Morgan fingerprint density at radius 2 is 1.31 bits per heavy atom. The van der Waals surface area contributed by atoms with Crippen LogP contribution in [-0.2, 0) is 26.0 Å². The fourth-order valence-corrected chi connectivity index (χ4v) is 4.50. The van der Waals surface area contributed by atoms with Gasteiger partial charge < -0.3 is 14.8 Å². The van der Waals surface area contributed by atoms with E-state index in [1.165, 1.54) is 0 Å². The average molecular weight is 484 g/mol. The SMILES string of the molecule is CC(C)COC(=O)O[C@H]1CNC(C(F)(c2ccc(C(C)(C)C)cc2)c2ccc(C(C)(C)C)cc2)C1. The van der Waals surface area contributed by atoms with Crippen LogP contribution in [0.4, 0.5) is 9.18 Å². The van der Waals surface area contributed by atoms with Crippen LogP contribution in [0, 0.1) is 5.92 Å². The van der Waals surface area contributed by atoms with Crippen LogP contribution < -0.4 is 5.32 Å². The molecular weight excluding hydrogens is 441 g/mol. The molecule has 1 N–H and O–H groups in total. The molecule has 0 saturated carbocycles. The van der Waals surface area contributed by atoms with Crippen molar-refractivity contribution >= 4 is 6.16 Å². The molecule has 0 aliphatic carbocycles. The molecule has 0 bridgehead atoms. The van der Waals surface area contributed by atoms with Crippen molar-refractivity contribution in [2.45, 2.75) is 90.5 Å². The first-order valence-corrected chi connectivity index (χ1v) is 12.7. The fourth-order valence-electron chi connectivity index (χ4n) is 4.50. The highest BCUT2D eigenvalue weighted by Gasteiger charge is 2.47. The Morgan fingerprint density at radius 3 is 1.71 bits per heavy atom. The summed E-state index contributed by atoms with van der Waals surface area (Å²) >= 11 is 0. The summed E-state index contributed by atoms with van der Waals surface area (Å²) in [5.74, 6) is 0.225. The molecule has 0 amide bonds. The molecule has 1 heterocycles. The van der Waals surface area contributed by atoms with E-state index < -0.39 is 24.0 Å². The third-order valence-electron chi connectivity index (χ3n) is 6.71. The second-order valence-electron chi connectivity index (χ2n) is 12.3. The Balaban J connectivity index is 1.91. The van der Waals surface area contributed by atoms with Gasteiger partial charge in [0.05, 0.1) is 12.6 Å². The summed E-state index contributed by atoms with van der Waals surface area (Å²) in [6, 6.07) is 15.1. The van der Waals surface area contributed by atoms with Gasteiger partial charge in [0, 0.05) is 13.0 Å². The molecule has 1 unspecified atom stereocenters. The third kappa shape index (κ3) is 6.43. The Labute approximate surface area is 210 Å². The topological polar surface area (TPSA) is 47.6 Å². The first kappa shape index (κ1) is 27.2. The van der Waals surface area contributed by atoms with Crippen molar-refractivity contribution in [1.82, 2.24) is 5.32 Å². The van der Waals surface area contributed by atoms with Crippen molar-refractivity contribution in [3.05, 3.63) is 70.8 Å². The third-order valence-corrected chi connectivity index (χ3v) is 6.71. The van der Waals surface area contributed by atoms with Crippen molar-refractivity contribution in [1.29, 1.82) is 0 Å². The van der Waals surface area contributed by atoms with E-state index >= 15 is 4.39 Å². The van der Waals surface area contributed by atoms with Gasteiger partial charge in [0.15, 0.2) is 5.67 Å². The summed E-state index contributed by atoms with van der Waals surface area (Å²) in [6.07, 6.45) is -0.785. The molecule has 0 radical (unpaired) electrons. The normalized spacial score (nSPS) is 19.1. The number of carbonyl (C=O) groups excluding carboxylic acids is 1. The molecule has 0 spiro atoms. The minimum Gasteiger partial charge on any atom is -0.434 e. The fraction of sp³-hybridized carbons (Fsp3) is 0.567. The van der Waals surface area contributed by atoms with Crippen LogP contribution in [0.15, 0.2) is 48.5 Å². The predicted octanol–water partition coefficient (Wildman–Crippen LogP) is 7.03. The Kier molecular flexibility index (Phi) is 8.00. The van der Waals surface area contributed by atoms with Gasteiger partial charge in [-0.2, -0.15) is 0 Å². The van der Waals surface area contributed by atoms with Gasteiger partial charge in [0.1, 0.15) is 6.10 Å². The van der Waals surface area contributed by atoms with Gasteiger partial charge in [-0.05, 0) is 39.0 Å². The van der Waals surface area contributed by atoms with Crippen molar-refractivity contribution in [3.63, 3.8) is 0 Å². The van der Waals surface area contributed by atoms with Crippen LogP contribution in [0.3, 0.4) is 0 Å². The minimum atomic E-state index is -1.78. The Morgan fingerprint density at radius 1 is 0.886 bits per heavy atom. The molecule has 35 heavy (non-hydrogen) atoms. The zero-order valence-electron chi connectivity index (χ0n) is 22.6. The van der Waals surface area contributed by atoms with E-state index in [4.69, 9.17) is 9.47 Å². The summed E-state index contributed by atoms with van der Waals surface area (Å²) < 4.78 is 28.0. The van der Waals surface area contributed by atoms with Gasteiger partial charge in [-0.1, -0.05) is 104 Å². The first-order valence-electron chi connectivity index (χ1n) is 12.7. The molecule has 0 aromatic heterocycles. The standard InChI is InChI=1S/C30H42FNO3/c1-20(2)19-34-27(33)35-25-17-26(32-18-25)30(31,23-13-9-21(10-14-23)28(3,4)5)24-15-11-22(12-16-24)29(6,7)8/h9-16,20,25-26,32H,17-19H2,1-8H3/t25-,26?/m1/s1. The van der Waals surface area contributed by atoms with Crippen LogP contribution in [0.25, 0.3) is 0 Å². The Bertz CT molecular complexity index is 927. The van der Waals surface area contributed by atoms with Crippen LogP contribution in [0.2, 0.25) is 0 Å². The zero-order chi connectivity index (χ0) is 26.0. The highest BCUT2D eigenvalue weighted by atomic mass is 19.1. The van der Waals surface area contributed by atoms with Crippen molar-refractivity contribution in [3.8, 4) is 0 Å². The molecule has 2 aromatic rings. The lowest BCUT2D eigenvalue weighted by atomic mass is 9.78. The molecule has 1 fully saturated rings. The lowest BCUT2D eigenvalue weighted by Crippen LogP contribution is -2.43. The van der Waals surface area contributed by atoms with Crippen LogP contribution in [0.1, 0.15) is 84.1 Å². The van der Waals surface area contributed by atoms with Gasteiger partial charge in [0.25, 0.3) is 0 Å². The van der Waals surface area contributed by atoms with Crippen LogP contribution >= 0.6 is 0 Å². The van der Waals surface area contributed by atoms with E-state index in [1.807, 2.05) is 62.4 Å². The maximum Gasteiger partial charge on any atom is 0.508 e. The number of rotatable bonds is 6. The van der Waals surface area contributed by atoms with E-state index in [0.29, 0.717) is 30.7 Å². The summed E-state index contributed by atoms with van der Waals surface area (Å²) in [4.78, 5) is 12.1. The lowest BCUT2D eigenvalue weighted by molar-refractivity contribution is 0.0209. The monoisotopic (exact) mass is 483 g/mol. The molecule has 3 rings (SSSR count). The zero-order valence-corrected chi connectivity index (χ0v) is 22.6. The second kappa shape index (κ2) is 10.3. The largest absolute Gasteiger partial charge is 0.508 e. The van der Waals surface area contributed by atoms with Crippen molar-refractivity contribution in [2.24, 2.45) is 5.92 Å². The molecule has 1 saturated heterocycles. The summed E-state index contributed by atoms with van der Waals surface area (Å²) in [7, 11) is 0. The molecule has 2 aromatic carbocycles.